The van der Waals surface area contributed by atoms with E-state index < -0.39 is 29.4 Å². The van der Waals surface area contributed by atoms with Crippen LogP contribution < -0.4 is 13.6 Å². The molecule has 3 atom stereocenters. The Hall–Kier alpha value is -2.92. The average molecular weight is 674 g/mol. The van der Waals surface area contributed by atoms with Gasteiger partial charge in [0.2, 0.25) is 0 Å². The van der Waals surface area contributed by atoms with Crippen LogP contribution in [0.1, 0.15) is 157 Å². The molecule has 0 aliphatic rings. The van der Waals surface area contributed by atoms with E-state index in [-0.39, 0.29) is 27.7 Å². The minimum absolute atomic E-state index is 0.0676. The number of H-pyrrole nitrogens is 1. The number of nitrogens with one attached hydrogen (secondary N) is 2. The minimum atomic E-state index is -2.01. The maximum Gasteiger partial charge on any atom is 0.344 e. The predicted octanol–water partition coefficient (Wildman–Crippen LogP) is 8.74. The number of benzene rings is 1. The first kappa shape index (κ1) is 38.5. The van der Waals surface area contributed by atoms with Gasteiger partial charge in [0.25, 0.3) is 11.3 Å². The summed E-state index contributed by atoms with van der Waals surface area (Å²) in [7, 11) is 0. The van der Waals surface area contributed by atoms with Gasteiger partial charge in [-0.1, -0.05) is 113 Å². The first-order valence-electron chi connectivity index (χ1n) is 17.3. The van der Waals surface area contributed by atoms with Crippen LogP contribution in [0.4, 0.5) is 0 Å². The highest BCUT2D eigenvalue weighted by atomic mass is 32.2. The Bertz CT molecular complexity index is 1470. The number of hydrogen-bond donors (Lipinski definition) is 3. The van der Waals surface area contributed by atoms with E-state index in [4.69, 9.17) is 8.92 Å². The van der Waals surface area contributed by atoms with Gasteiger partial charge in [-0.15, -0.1) is 10.2 Å². The molecule has 0 spiro atoms. The molecule has 0 aliphatic carbocycles. The topological polar surface area (TPSA) is 131 Å². The van der Waals surface area contributed by atoms with Crippen molar-refractivity contribution in [2.24, 2.45) is 5.41 Å². The largest absolute Gasteiger partial charge is 0.479 e. The highest BCUT2D eigenvalue weighted by molar-refractivity contribution is 7.78. The third kappa shape index (κ3) is 11.6. The summed E-state index contributed by atoms with van der Waals surface area (Å²) in [5.41, 5.74) is 2.39. The molecule has 0 amide bonds. The van der Waals surface area contributed by atoms with E-state index in [9.17, 15) is 14.1 Å². The average Bonchev–Trinajstić information content (AvgIpc) is 3.54. The smallest absolute Gasteiger partial charge is 0.344 e. The normalized spacial score (nSPS) is 14.7. The summed E-state index contributed by atoms with van der Waals surface area (Å²) in [6.45, 7) is 21.3. The fourth-order valence-electron chi connectivity index (χ4n) is 6.14. The Morgan fingerprint density at radius 3 is 2.19 bits per heavy atom. The molecular weight excluding hydrogens is 614 g/mol. The van der Waals surface area contributed by atoms with Crippen molar-refractivity contribution in [3.63, 3.8) is 0 Å². The molecular formula is C36H59N5O5S. The van der Waals surface area contributed by atoms with Gasteiger partial charge in [0.15, 0.2) is 29.1 Å². The van der Waals surface area contributed by atoms with Crippen molar-refractivity contribution in [2.45, 2.75) is 156 Å². The first-order valence-corrected chi connectivity index (χ1v) is 18.3. The summed E-state index contributed by atoms with van der Waals surface area (Å²) >= 11 is -2.01. The zero-order valence-corrected chi connectivity index (χ0v) is 31.2. The maximum absolute atomic E-state index is 13.5. The number of aromatic nitrogens is 4. The zero-order valence-electron chi connectivity index (χ0n) is 30.4. The standard InChI is InChI=1S/C36H59N5O5S/c1-11-12-13-14-15-16-17-18-19-28(33(42)43)45-27-21-20-26(36(9,10)24-34(3,4)5)22-29(27)46-47(44)40-25(2)32-38-37-31-23-30(35(6,7)8)39-41(31)32/h20-23,25,28,39-40H,11-19,24H2,1-10H3,(H,42,43). The molecule has 0 saturated carbocycles. The van der Waals surface area contributed by atoms with E-state index in [2.05, 4.69) is 82.3 Å². The molecule has 0 fully saturated rings. The summed E-state index contributed by atoms with van der Waals surface area (Å²) in [6, 6.07) is 6.99. The Morgan fingerprint density at radius 1 is 0.957 bits per heavy atom. The van der Waals surface area contributed by atoms with Gasteiger partial charge in [0, 0.05) is 17.2 Å². The van der Waals surface area contributed by atoms with Crippen LogP contribution in [0.25, 0.3) is 5.65 Å². The summed E-state index contributed by atoms with van der Waals surface area (Å²) in [5.74, 6) is 0.00528. The molecule has 0 bridgehead atoms. The van der Waals surface area contributed by atoms with Gasteiger partial charge < -0.3 is 14.0 Å². The molecule has 11 heteroatoms. The van der Waals surface area contributed by atoms with Crippen molar-refractivity contribution in [3.05, 3.63) is 41.3 Å². The lowest BCUT2D eigenvalue weighted by Gasteiger charge is -2.33. The first-order chi connectivity index (χ1) is 21.9. The molecule has 3 unspecified atom stereocenters. The van der Waals surface area contributed by atoms with E-state index in [1.807, 2.05) is 25.1 Å². The van der Waals surface area contributed by atoms with Gasteiger partial charge in [0.05, 0.1) is 6.04 Å². The van der Waals surface area contributed by atoms with Crippen molar-refractivity contribution < 1.29 is 23.0 Å². The van der Waals surface area contributed by atoms with Crippen LogP contribution in [-0.4, -0.2) is 41.2 Å². The van der Waals surface area contributed by atoms with E-state index in [1.165, 1.54) is 32.1 Å². The number of nitrogens with zero attached hydrogens (tertiary/aromatic N) is 3. The van der Waals surface area contributed by atoms with Crippen molar-refractivity contribution in [2.75, 3.05) is 0 Å². The highest BCUT2D eigenvalue weighted by Crippen LogP contribution is 2.40. The summed E-state index contributed by atoms with van der Waals surface area (Å²) in [5, 5.41) is 21.9. The number of rotatable bonds is 19. The van der Waals surface area contributed by atoms with Crippen LogP contribution in [0.3, 0.4) is 0 Å². The number of aliphatic carboxylic acids is 1. The number of carboxylic acids is 1. The summed E-state index contributed by atoms with van der Waals surface area (Å²) in [6.07, 6.45) is 9.17. The second-order valence-corrected chi connectivity index (χ2v) is 16.7. The van der Waals surface area contributed by atoms with Crippen molar-refractivity contribution in [1.82, 2.24) is 24.5 Å². The molecule has 2 aromatic heterocycles. The quantitative estimate of drug-likeness (QED) is 0.108. The van der Waals surface area contributed by atoms with Crippen molar-refractivity contribution in [1.29, 1.82) is 0 Å². The molecule has 3 N–H and O–H groups in total. The Labute approximate surface area is 284 Å². The lowest BCUT2D eigenvalue weighted by atomic mass is 9.72. The Kier molecular flexibility index (Phi) is 13.5. The number of carbonyl (C=O) groups is 1. The van der Waals surface area contributed by atoms with Crippen molar-refractivity contribution in [3.8, 4) is 11.5 Å². The molecule has 0 aliphatic heterocycles. The molecule has 47 heavy (non-hydrogen) atoms. The van der Waals surface area contributed by atoms with Gasteiger partial charge in [-0.3, -0.25) is 5.10 Å². The molecule has 264 valence electrons. The van der Waals surface area contributed by atoms with Crippen LogP contribution in [0.2, 0.25) is 0 Å². The summed E-state index contributed by atoms with van der Waals surface area (Å²) in [4.78, 5) is 12.2. The maximum atomic E-state index is 13.5. The number of carboxylic acid groups (broad SMARTS) is 1. The number of ether oxygens (including phenoxy) is 1. The van der Waals surface area contributed by atoms with Crippen LogP contribution in [0.15, 0.2) is 24.3 Å². The van der Waals surface area contributed by atoms with Gasteiger partial charge in [-0.05, 0) is 54.7 Å². The molecule has 1 aromatic carbocycles. The number of aromatic amines is 1. The van der Waals surface area contributed by atoms with Crippen molar-refractivity contribution >= 4 is 22.9 Å². The number of fused-ring (bicyclic) bond motifs is 1. The molecule has 3 rings (SSSR count). The summed E-state index contributed by atoms with van der Waals surface area (Å²) < 4.78 is 30.3. The minimum Gasteiger partial charge on any atom is -0.479 e. The Balaban J connectivity index is 1.79. The fraction of sp³-hybridized carbons (Fsp3) is 0.694. The molecule has 3 aromatic rings. The van der Waals surface area contributed by atoms with Crippen LogP contribution in [-0.2, 0) is 26.9 Å². The SMILES string of the molecule is CCCCCCCCCCC(Oc1ccc(C(C)(C)CC(C)(C)C)cc1OS(=O)NC(C)c1nnc2cc(C(C)(C)C)[nH]n12)C(=O)O. The van der Waals surface area contributed by atoms with Gasteiger partial charge in [-0.25, -0.2) is 9.31 Å². The zero-order chi connectivity index (χ0) is 35.0. The molecule has 0 radical (unpaired) electrons. The molecule has 10 nitrogen and oxygen atoms in total. The van der Waals surface area contributed by atoms with E-state index >= 15 is 0 Å². The monoisotopic (exact) mass is 673 g/mol. The van der Waals surface area contributed by atoms with Crippen LogP contribution in [0, 0.1) is 5.41 Å². The molecule has 2 heterocycles. The predicted molar refractivity (Wildman–Crippen MR) is 189 cm³/mol. The van der Waals surface area contributed by atoms with E-state index in [0.29, 0.717) is 17.9 Å². The van der Waals surface area contributed by atoms with E-state index in [0.717, 1.165) is 36.9 Å². The second-order valence-electron chi connectivity index (χ2n) is 15.8. The number of hydrogen-bond acceptors (Lipinski definition) is 6. The highest BCUT2D eigenvalue weighted by Gasteiger charge is 2.30. The lowest BCUT2D eigenvalue weighted by Crippen LogP contribution is -2.29. The third-order valence-corrected chi connectivity index (χ3v) is 9.29. The van der Waals surface area contributed by atoms with Crippen LogP contribution >= 0.6 is 0 Å². The van der Waals surface area contributed by atoms with Gasteiger partial charge in [0.1, 0.15) is 0 Å². The van der Waals surface area contributed by atoms with Gasteiger partial charge in [-0.2, -0.15) is 8.93 Å². The molecule has 0 saturated heterocycles. The van der Waals surface area contributed by atoms with Crippen LogP contribution in [0.5, 0.6) is 11.5 Å². The Morgan fingerprint density at radius 2 is 1.60 bits per heavy atom. The van der Waals surface area contributed by atoms with E-state index in [1.54, 1.807) is 10.6 Å². The second kappa shape index (κ2) is 16.5. The lowest BCUT2D eigenvalue weighted by molar-refractivity contribution is -0.145. The number of unbranched alkanes of at least 4 members (excludes halogenated alkanes) is 7. The third-order valence-electron chi connectivity index (χ3n) is 8.41. The van der Waals surface area contributed by atoms with Gasteiger partial charge >= 0.3 is 5.97 Å². The fourth-order valence-corrected chi connectivity index (χ4v) is 6.87.